The van der Waals surface area contributed by atoms with Crippen LogP contribution in [-0.2, 0) is 13.5 Å². The number of nitrogens with one attached hydrogen (secondary N) is 1. The zero-order valence-electron chi connectivity index (χ0n) is 14.1. The number of halogens is 1. The molecule has 1 N–H and O–H groups in total. The van der Waals surface area contributed by atoms with Crippen LogP contribution in [0.5, 0.6) is 0 Å². The van der Waals surface area contributed by atoms with E-state index >= 15 is 0 Å². The normalized spacial score (nSPS) is 18.6. The van der Waals surface area contributed by atoms with Gasteiger partial charge in [-0.15, -0.1) is 0 Å². The molecule has 1 saturated heterocycles. The molecule has 1 aromatic carbocycles. The molecule has 6 heteroatoms. The van der Waals surface area contributed by atoms with Crippen molar-refractivity contribution in [2.75, 3.05) is 13.1 Å². The van der Waals surface area contributed by atoms with E-state index in [-0.39, 0.29) is 12.1 Å². The lowest BCUT2D eigenvalue weighted by molar-refractivity contribution is 0.203. The Labute approximate surface area is 147 Å². The Hall–Kier alpha value is -2.01. The molecule has 1 aromatic heterocycles. The molecule has 2 unspecified atom stereocenters. The average Bonchev–Trinajstić information content (AvgIpc) is 3.17. The highest BCUT2D eigenvalue weighted by atomic mass is 35.5. The van der Waals surface area contributed by atoms with Crippen molar-refractivity contribution in [1.29, 1.82) is 0 Å². The van der Waals surface area contributed by atoms with E-state index in [1.54, 1.807) is 0 Å². The summed E-state index contributed by atoms with van der Waals surface area (Å²) in [6.45, 7) is 3.58. The van der Waals surface area contributed by atoms with Crippen LogP contribution >= 0.6 is 11.6 Å². The second kappa shape index (κ2) is 7.26. The fourth-order valence-corrected chi connectivity index (χ4v) is 3.43. The number of hydrogen-bond acceptors (Lipinski definition) is 2. The topological polar surface area (TPSA) is 50.2 Å². The molecule has 2 amide bonds. The van der Waals surface area contributed by atoms with Crippen molar-refractivity contribution >= 4 is 17.6 Å². The number of aromatic nitrogens is 2. The van der Waals surface area contributed by atoms with Crippen LogP contribution in [0.4, 0.5) is 4.79 Å². The predicted octanol–water partition coefficient (Wildman–Crippen LogP) is 3.41. The van der Waals surface area contributed by atoms with Crippen LogP contribution < -0.4 is 5.32 Å². The average molecular weight is 347 g/mol. The van der Waals surface area contributed by atoms with Crippen LogP contribution in [-0.4, -0.2) is 33.8 Å². The number of carbonyl (C=O) groups is 1. The van der Waals surface area contributed by atoms with Crippen molar-refractivity contribution in [3.63, 3.8) is 0 Å². The number of aryl methyl sites for hydroxylation is 1. The fraction of sp³-hybridized carbons (Fsp3) is 0.444. The Bertz CT molecular complexity index is 715. The molecule has 5 nitrogen and oxygen atoms in total. The molecule has 0 saturated carbocycles. The summed E-state index contributed by atoms with van der Waals surface area (Å²) in [5, 5.41) is 7.96. The van der Waals surface area contributed by atoms with Crippen molar-refractivity contribution < 1.29 is 4.79 Å². The van der Waals surface area contributed by atoms with Gasteiger partial charge in [0.2, 0.25) is 0 Å². The molecule has 1 fully saturated rings. The Morgan fingerprint density at radius 3 is 3.04 bits per heavy atom. The molecule has 128 valence electrons. The SMILES string of the molecule is CC(NC(=O)N1CCC(Cc2cnn(C)c2)C1)c1cccc(Cl)c1. The monoisotopic (exact) mass is 346 g/mol. The van der Waals surface area contributed by atoms with Crippen molar-refractivity contribution in [2.24, 2.45) is 13.0 Å². The summed E-state index contributed by atoms with van der Waals surface area (Å²) in [5.74, 6) is 0.501. The highest BCUT2D eigenvalue weighted by Crippen LogP contribution is 2.22. The first kappa shape index (κ1) is 16.8. The highest BCUT2D eigenvalue weighted by molar-refractivity contribution is 6.30. The van der Waals surface area contributed by atoms with E-state index in [0.29, 0.717) is 10.9 Å². The minimum Gasteiger partial charge on any atom is -0.331 e. The minimum atomic E-state index is -0.0615. The molecule has 1 aliphatic heterocycles. The number of rotatable bonds is 4. The van der Waals surface area contributed by atoms with E-state index in [1.807, 2.05) is 60.2 Å². The van der Waals surface area contributed by atoms with E-state index in [9.17, 15) is 4.79 Å². The van der Waals surface area contributed by atoms with Gasteiger partial charge in [-0.2, -0.15) is 5.10 Å². The van der Waals surface area contributed by atoms with Gasteiger partial charge in [0.25, 0.3) is 0 Å². The molecule has 2 atom stereocenters. The van der Waals surface area contributed by atoms with E-state index in [4.69, 9.17) is 11.6 Å². The Morgan fingerprint density at radius 2 is 2.33 bits per heavy atom. The fourth-order valence-electron chi connectivity index (χ4n) is 3.23. The van der Waals surface area contributed by atoms with Crippen LogP contribution in [0.1, 0.15) is 30.5 Å². The highest BCUT2D eigenvalue weighted by Gasteiger charge is 2.27. The van der Waals surface area contributed by atoms with Gasteiger partial charge in [0.05, 0.1) is 12.2 Å². The number of benzene rings is 1. The van der Waals surface area contributed by atoms with Crippen molar-refractivity contribution in [1.82, 2.24) is 20.0 Å². The van der Waals surface area contributed by atoms with E-state index in [1.165, 1.54) is 5.56 Å². The van der Waals surface area contributed by atoms with Crippen LogP contribution in [0.2, 0.25) is 5.02 Å². The number of urea groups is 1. The maximum Gasteiger partial charge on any atom is 0.317 e. The molecule has 0 bridgehead atoms. The second-order valence-electron chi connectivity index (χ2n) is 6.55. The van der Waals surface area contributed by atoms with Gasteiger partial charge in [-0.05, 0) is 48.9 Å². The lowest BCUT2D eigenvalue weighted by Crippen LogP contribution is -2.39. The van der Waals surface area contributed by atoms with Gasteiger partial charge in [-0.3, -0.25) is 4.68 Å². The van der Waals surface area contributed by atoms with Gasteiger partial charge in [-0.1, -0.05) is 23.7 Å². The largest absolute Gasteiger partial charge is 0.331 e. The molecule has 24 heavy (non-hydrogen) atoms. The van der Waals surface area contributed by atoms with Crippen LogP contribution in [0.3, 0.4) is 0 Å². The predicted molar refractivity (Wildman–Crippen MR) is 95.0 cm³/mol. The number of amides is 2. The smallest absolute Gasteiger partial charge is 0.317 e. The second-order valence-corrected chi connectivity index (χ2v) is 6.99. The maximum atomic E-state index is 12.5. The van der Waals surface area contributed by atoms with E-state index < -0.39 is 0 Å². The Kier molecular flexibility index (Phi) is 5.09. The molecule has 2 heterocycles. The zero-order valence-corrected chi connectivity index (χ0v) is 14.8. The summed E-state index contributed by atoms with van der Waals surface area (Å²) in [5.41, 5.74) is 2.25. The van der Waals surface area contributed by atoms with Crippen molar-refractivity contribution in [3.8, 4) is 0 Å². The maximum absolute atomic E-state index is 12.5. The third-order valence-electron chi connectivity index (χ3n) is 4.54. The number of nitrogens with zero attached hydrogens (tertiary/aromatic N) is 3. The molecule has 3 rings (SSSR count). The van der Waals surface area contributed by atoms with Gasteiger partial charge < -0.3 is 10.2 Å². The summed E-state index contributed by atoms with van der Waals surface area (Å²) in [7, 11) is 1.93. The lowest BCUT2D eigenvalue weighted by atomic mass is 10.0. The summed E-state index contributed by atoms with van der Waals surface area (Å²) in [4.78, 5) is 14.4. The Balaban J connectivity index is 1.52. The zero-order chi connectivity index (χ0) is 17.1. The molecular formula is C18H23ClN4O. The number of likely N-dealkylation sites (tertiary alicyclic amines) is 1. The molecule has 1 aliphatic rings. The van der Waals surface area contributed by atoms with Crippen LogP contribution in [0, 0.1) is 5.92 Å². The number of hydrogen-bond donors (Lipinski definition) is 1. The quantitative estimate of drug-likeness (QED) is 0.922. The van der Waals surface area contributed by atoms with Crippen molar-refractivity contribution in [3.05, 3.63) is 52.8 Å². The first-order chi connectivity index (χ1) is 11.5. The van der Waals surface area contributed by atoms with Gasteiger partial charge in [0, 0.05) is 31.4 Å². The van der Waals surface area contributed by atoms with E-state index in [2.05, 4.69) is 10.4 Å². The summed E-state index contributed by atoms with van der Waals surface area (Å²) >= 11 is 6.02. The third-order valence-corrected chi connectivity index (χ3v) is 4.78. The first-order valence-corrected chi connectivity index (χ1v) is 8.67. The van der Waals surface area contributed by atoms with Gasteiger partial charge >= 0.3 is 6.03 Å². The molecule has 2 aromatic rings. The standard InChI is InChI=1S/C18H23ClN4O/c1-13(16-4-3-5-17(19)9-16)21-18(24)23-7-6-14(12-23)8-15-10-20-22(2)11-15/h3-5,9-11,13-14H,6-8,12H2,1-2H3,(H,21,24). The third kappa shape index (κ3) is 4.09. The van der Waals surface area contributed by atoms with Crippen LogP contribution in [0.15, 0.2) is 36.7 Å². The molecular weight excluding hydrogens is 324 g/mol. The Morgan fingerprint density at radius 1 is 1.50 bits per heavy atom. The molecule has 0 radical (unpaired) electrons. The van der Waals surface area contributed by atoms with Crippen LogP contribution in [0.25, 0.3) is 0 Å². The van der Waals surface area contributed by atoms with Gasteiger partial charge in [-0.25, -0.2) is 4.79 Å². The summed E-state index contributed by atoms with van der Waals surface area (Å²) in [6.07, 6.45) is 5.96. The van der Waals surface area contributed by atoms with E-state index in [0.717, 1.165) is 31.5 Å². The first-order valence-electron chi connectivity index (χ1n) is 8.29. The van der Waals surface area contributed by atoms with Crippen molar-refractivity contribution in [2.45, 2.75) is 25.8 Å². The summed E-state index contributed by atoms with van der Waals surface area (Å²) < 4.78 is 1.82. The molecule has 0 spiro atoms. The van der Waals surface area contributed by atoms with Gasteiger partial charge in [0.1, 0.15) is 0 Å². The lowest BCUT2D eigenvalue weighted by Gasteiger charge is -2.21. The van der Waals surface area contributed by atoms with Gasteiger partial charge in [0.15, 0.2) is 0 Å². The molecule has 0 aliphatic carbocycles. The number of carbonyl (C=O) groups excluding carboxylic acids is 1. The minimum absolute atomic E-state index is 0.00355. The summed E-state index contributed by atoms with van der Waals surface area (Å²) in [6, 6.07) is 7.54.